The van der Waals surface area contributed by atoms with Crippen molar-refractivity contribution in [1.29, 1.82) is 0 Å². The van der Waals surface area contributed by atoms with Gasteiger partial charge in [0, 0.05) is 38.6 Å². The molecule has 1 aliphatic rings. The molecule has 0 radical (unpaired) electrons. The summed E-state index contributed by atoms with van der Waals surface area (Å²) in [6.07, 6.45) is 7.54. The summed E-state index contributed by atoms with van der Waals surface area (Å²) in [5.74, 6) is 2.42. The van der Waals surface area contributed by atoms with Gasteiger partial charge in [0.1, 0.15) is 0 Å². The van der Waals surface area contributed by atoms with E-state index in [9.17, 15) is 4.79 Å². The minimum atomic E-state index is -0.553. The SMILES string of the molecule is C#CCC(N)C(=O)N(C)C1CCN(C(C)C)CC1. The van der Waals surface area contributed by atoms with E-state index in [0.29, 0.717) is 18.5 Å². The Bertz CT molecular complexity index is 313. The molecule has 1 unspecified atom stereocenters. The number of nitrogens with zero attached hydrogens (tertiary/aromatic N) is 2. The smallest absolute Gasteiger partial charge is 0.240 e. The van der Waals surface area contributed by atoms with Crippen molar-refractivity contribution < 1.29 is 4.79 Å². The van der Waals surface area contributed by atoms with E-state index in [1.807, 2.05) is 7.05 Å². The molecular weight excluding hydrogens is 226 g/mol. The monoisotopic (exact) mass is 251 g/mol. The van der Waals surface area contributed by atoms with Gasteiger partial charge in [-0.05, 0) is 26.7 Å². The molecule has 0 spiro atoms. The summed E-state index contributed by atoms with van der Waals surface area (Å²) < 4.78 is 0. The Kier molecular flexibility index (Phi) is 5.64. The van der Waals surface area contributed by atoms with Gasteiger partial charge in [-0.1, -0.05) is 0 Å². The van der Waals surface area contributed by atoms with Crippen molar-refractivity contribution >= 4 is 5.91 Å². The second-order valence-corrected chi connectivity index (χ2v) is 5.32. The van der Waals surface area contributed by atoms with Crippen molar-refractivity contribution in [1.82, 2.24) is 9.80 Å². The number of hydrogen-bond donors (Lipinski definition) is 1. The van der Waals surface area contributed by atoms with Gasteiger partial charge in [0.05, 0.1) is 6.04 Å². The number of piperidine rings is 1. The number of carbonyl (C=O) groups excluding carboxylic acids is 1. The number of likely N-dealkylation sites (N-methyl/N-ethyl adjacent to an activating group) is 1. The summed E-state index contributed by atoms with van der Waals surface area (Å²) in [6, 6.07) is 0.329. The van der Waals surface area contributed by atoms with Gasteiger partial charge in [0.2, 0.25) is 5.91 Å². The minimum absolute atomic E-state index is 0.0315. The number of hydrogen-bond acceptors (Lipinski definition) is 3. The third kappa shape index (κ3) is 3.72. The van der Waals surface area contributed by atoms with E-state index >= 15 is 0 Å². The lowest BCUT2D eigenvalue weighted by atomic mass is 10.0. The highest BCUT2D eigenvalue weighted by Gasteiger charge is 2.28. The maximum absolute atomic E-state index is 12.0. The lowest BCUT2D eigenvalue weighted by Crippen LogP contribution is -2.51. The predicted octanol–water partition coefficient (Wildman–Crippen LogP) is 0.668. The van der Waals surface area contributed by atoms with Crippen molar-refractivity contribution in [2.24, 2.45) is 5.73 Å². The number of terminal acetylenes is 1. The Morgan fingerprint density at radius 1 is 1.50 bits per heavy atom. The number of carbonyl (C=O) groups is 1. The molecule has 0 aromatic heterocycles. The molecule has 1 saturated heterocycles. The highest BCUT2D eigenvalue weighted by atomic mass is 16.2. The second-order valence-electron chi connectivity index (χ2n) is 5.32. The van der Waals surface area contributed by atoms with Crippen LogP contribution < -0.4 is 5.73 Å². The van der Waals surface area contributed by atoms with Crippen molar-refractivity contribution in [2.45, 2.75) is 51.2 Å². The zero-order valence-corrected chi connectivity index (χ0v) is 11.7. The van der Waals surface area contributed by atoms with E-state index < -0.39 is 6.04 Å². The lowest BCUT2D eigenvalue weighted by molar-refractivity contribution is -0.134. The molecule has 1 heterocycles. The van der Waals surface area contributed by atoms with E-state index in [4.69, 9.17) is 12.2 Å². The van der Waals surface area contributed by atoms with Crippen LogP contribution in [0.3, 0.4) is 0 Å². The van der Waals surface area contributed by atoms with Crippen LogP contribution in [0.4, 0.5) is 0 Å². The molecule has 2 N–H and O–H groups in total. The highest BCUT2D eigenvalue weighted by molar-refractivity contribution is 5.82. The van der Waals surface area contributed by atoms with Gasteiger partial charge in [-0.2, -0.15) is 0 Å². The third-order valence-corrected chi connectivity index (χ3v) is 3.78. The fourth-order valence-electron chi connectivity index (χ4n) is 2.45. The molecule has 4 heteroatoms. The molecular formula is C14H25N3O. The van der Waals surface area contributed by atoms with Gasteiger partial charge in [0.15, 0.2) is 0 Å². The summed E-state index contributed by atoms with van der Waals surface area (Å²) in [5.41, 5.74) is 5.77. The Morgan fingerprint density at radius 2 is 2.06 bits per heavy atom. The van der Waals surface area contributed by atoms with Gasteiger partial charge in [0.25, 0.3) is 0 Å². The molecule has 0 aromatic rings. The summed E-state index contributed by atoms with van der Waals surface area (Å²) >= 11 is 0. The fraction of sp³-hybridized carbons (Fsp3) is 0.786. The lowest BCUT2D eigenvalue weighted by Gasteiger charge is -2.39. The average molecular weight is 251 g/mol. The molecule has 0 bridgehead atoms. The fourth-order valence-corrected chi connectivity index (χ4v) is 2.45. The Balaban J connectivity index is 2.47. The minimum Gasteiger partial charge on any atom is -0.341 e. The molecule has 1 aliphatic heterocycles. The quantitative estimate of drug-likeness (QED) is 0.747. The van der Waals surface area contributed by atoms with Gasteiger partial charge < -0.3 is 15.5 Å². The summed E-state index contributed by atoms with van der Waals surface area (Å²) in [7, 11) is 1.84. The standard InChI is InChI=1S/C14H25N3O/c1-5-6-13(15)14(18)16(4)12-7-9-17(10-8-12)11(2)3/h1,11-13H,6-10,15H2,2-4H3. The van der Waals surface area contributed by atoms with E-state index in [2.05, 4.69) is 24.7 Å². The largest absolute Gasteiger partial charge is 0.341 e. The first kappa shape index (κ1) is 15.0. The predicted molar refractivity (Wildman–Crippen MR) is 73.9 cm³/mol. The first-order valence-electron chi connectivity index (χ1n) is 6.67. The Labute approximate surface area is 110 Å². The van der Waals surface area contributed by atoms with Gasteiger partial charge in [-0.3, -0.25) is 4.79 Å². The van der Waals surface area contributed by atoms with Crippen LogP contribution in [0.2, 0.25) is 0 Å². The van der Waals surface area contributed by atoms with Crippen LogP contribution in [0.25, 0.3) is 0 Å². The molecule has 4 nitrogen and oxygen atoms in total. The van der Waals surface area contributed by atoms with E-state index in [0.717, 1.165) is 25.9 Å². The van der Waals surface area contributed by atoms with Gasteiger partial charge in [-0.15, -0.1) is 12.3 Å². The Hall–Kier alpha value is -1.05. The number of amides is 1. The molecule has 0 aromatic carbocycles. The third-order valence-electron chi connectivity index (χ3n) is 3.78. The van der Waals surface area contributed by atoms with Crippen LogP contribution in [0.15, 0.2) is 0 Å². The molecule has 1 atom stereocenters. The maximum Gasteiger partial charge on any atom is 0.240 e. The maximum atomic E-state index is 12.0. The summed E-state index contributed by atoms with van der Waals surface area (Å²) in [4.78, 5) is 16.3. The zero-order chi connectivity index (χ0) is 13.7. The number of rotatable bonds is 4. The van der Waals surface area contributed by atoms with Crippen molar-refractivity contribution in [2.75, 3.05) is 20.1 Å². The van der Waals surface area contributed by atoms with Gasteiger partial charge in [-0.25, -0.2) is 0 Å². The summed E-state index contributed by atoms with van der Waals surface area (Å²) in [6.45, 7) is 6.50. The van der Waals surface area contributed by atoms with E-state index in [1.165, 1.54) is 0 Å². The van der Waals surface area contributed by atoms with Crippen LogP contribution >= 0.6 is 0 Å². The van der Waals surface area contributed by atoms with Crippen molar-refractivity contribution in [3.8, 4) is 12.3 Å². The van der Waals surface area contributed by atoms with Crippen molar-refractivity contribution in [3.63, 3.8) is 0 Å². The first-order valence-corrected chi connectivity index (χ1v) is 6.67. The number of nitrogens with two attached hydrogens (primary N) is 1. The first-order chi connectivity index (χ1) is 8.47. The molecule has 0 saturated carbocycles. The van der Waals surface area contributed by atoms with Crippen molar-refractivity contribution in [3.05, 3.63) is 0 Å². The molecule has 1 rings (SSSR count). The normalized spacial score (nSPS) is 19.6. The molecule has 102 valence electrons. The van der Waals surface area contributed by atoms with E-state index in [1.54, 1.807) is 4.90 Å². The zero-order valence-electron chi connectivity index (χ0n) is 11.7. The highest BCUT2D eigenvalue weighted by Crippen LogP contribution is 2.17. The van der Waals surface area contributed by atoms with Crippen LogP contribution in [-0.4, -0.2) is 54.0 Å². The number of likely N-dealkylation sites (tertiary alicyclic amines) is 1. The van der Waals surface area contributed by atoms with Crippen LogP contribution in [0, 0.1) is 12.3 Å². The second kappa shape index (κ2) is 6.77. The molecule has 0 aliphatic carbocycles. The average Bonchev–Trinajstić information content (AvgIpc) is 2.37. The molecule has 1 fully saturated rings. The van der Waals surface area contributed by atoms with Crippen LogP contribution in [0.5, 0.6) is 0 Å². The Morgan fingerprint density at radius 3 is 2.50 bits per heavy atom. The summed E-state index contributed by atoms with van der Waals surface area (Å²) in [5, 5.41) is 0. The van der Waals surface area contributed by atoms with Gasteiger partial charge >= 0.3 is 0 Å². The van der Waals surface area contributed by atoms with Crippen LogP contribution in [-0.2, 0) is 4.79 Å². The molecule has 1 amide bonds. The van der Waals surface area contributed by atoms with E-state index in [-0.39, 0.29) is 5.91 Å². The molecule has 18 heavy (non-hydrogen) atoms. The van der Waals surface area contributed by atoms with Crippen LogP contribution in [0.1, 0.15) is 33.1 Å². The topological polar surface area (TPSA) is 49.6 Å².